The monoisotopic (exact) mass is 187 g/mol. The lowest BCUT2D eigenvalue weighted by Gasteiger charge is -2.18. The van der Waals surface area contributed by atoms with Gasteiger partial charge >= 0.3 is 0 Å². The first-order valence-corrected chi connectivity index (χ1v) is 5.33. The highest BCUT2D eigenvalue weighted by atomic mass is 16.3. The molecule has 0 spiro atoms. The lowest BCUT2D eigenvalue weighted by molar-refractivity contribution is 0.204. The molecule has 3 heteroatoms. The quantitative estimate of drug-likeness (QED) is 0.531. The van der Waals surface area contributed by atoms with Gasteiger partial charge in [0.15, 0.2) is 0 Å². The number of unbranched alkanes of at least 4 members (excludes halogenated alkanes) is 1. The molecular formula is C10H21NO2. The van der Waals surface area contributed by atoms with E-state index in [0.29, 0.717) is 18.6 Å². The van der Waals surface area contributed by atoms with Crippen molar-refractivity contribution in [3.63, 3.8) is 0 Å². The first kappa shape index (κ1) is 11.0. The van der Waals surface area contributed by atoms with Crippen LogP contribution in [-0.4, -0.2) is 36.0 Å². The number of nitrogens with one attached hydrogen (secondary N) is 1. The predicted octanol–water partition coefficient (Wildman–Crippen LogP) is 0.509. The van der Waals surface area contributed by atoms with Crippen LogP contribution in [0.1, 0.15) is 32.1 Å². The molecule has 0 radical (unpaired) electrons. The summed E-state index contributed by atoms with van der Waals surface area (Å²) in [4.78, 5) is 0. The van der Waals surface area contributed by atoms with Crippen LogP contribution in [0, 0.1) is 5.92 Å². The van der Waals surface area contributed by atoms with E-state index in [1.165, 1.54) is 12.8 Å². The van der Waals surface area contributed by atoms with E-state index in [-0.39, 0.29) is 6.61 Å². The van der Waals surface area contributed by atoms with Gasteiger partial charge in [0.05, 0.1) is 0 Å². The Morgan fingerprint density at radius 2 is 2.00 bits per heavy atom. The van der Waals surface area contributed by atoms with Crippen LogP contribution in [-0.2, 0) is 0 Å². The molecule has 13 heavy (non-hydrogen) atoms. The maximum absolute atomic E-state index is 9.06. The summed E-state index contributed by atoms with van der Waals surface area (Å²) in [6.07, 6.45) is 5.51. The van der Waals surface area contributed by atoms with Gasteiger partial charge in [-0.1, -0.05) is 6.42 Å². The molecule has 3 N–H and O–H groups in total. The molecule has 0 aliphatic heterocycles. The van der Waals surface area contributed by atoms with E-state index in [1.54, 1.807) is 0 Å². The second kappa shape index (κ2) is 6.35. The molecule has 0 aromatic heterocycles. The molecule has 0 aromatic rings. The molecule has 2 unspecified atom stereocenters. The highest BCUT2D eigenvalue weighted by molar-refractivity contribution is 4.82. The van der Waals surface area contributed by atoms with E-state index in [0.717, 1.165) is 25.8 Å². The maximum atomic E-state index is 9.06. The Hall–Kier alpha value is -0.120. The van der Waals surface area contributed by atoms with E-state index in [1.807, 2.05) is 0 Å². The molecule has 0 bridgehead atoms. The smallest absolute Gasteiger partial charge is 0.0474 e. The molecule has 3 nitrogen and oxygen atoms in total. The third-order valence-corrected chi connectivity index (χ3v) is 2.89. The van der Waals surface area contributed by atoms with Crippen molar-refractivity contribution in [3.8, 4) is 0 Å². The van der Waals surface area contributed by atoms with Crippen molar-refractivity contribution in [2.75, 3.05) is 19.8 Å². The average Bonchev–Trinajstić information content (AvgIpc) is 2.60. The van der Waals surface area contributed by atoms with Gasteiger partial charge in [-0.2, -0.15) is 0 Å². The highest BCUT2D eigenvalue weighted by Gasteiger charge is 2.25. The fourth-order valence-electron chi connectivity index (χ4n) is 2.05. The Labute approximate surface area is 80.2 Å². The Morgan fingerprint density at radius 1 is 1.15 bits per heavy atom. The van der Waals surface area contributed by atoms with Gasteiger partial charge in [0.2, 0.25) is 0 Å². The summed E-state index contributed by atoms with van der Waals surface area (Å²) in [5, 5.41) is 21.1. The minimum atomic E-state index is 0.287. The van der Waals surface area contributed by atoms with Crippen molar-refractivity contribution in [1.82, 2.24) is 5.32 Å². The third-order valence-electron chi connectivity index (χ3n) is 2.89. The van der Waals surface area contributed by atoms with E-state index in [4.69, 9.17) is 10.2 Å². The largest absolute Gasteiger partial charge is 0.396 e. The van der Waals surface area contributed by atoms with Crippen molar-refractivity contribution < 1.29 is 10.2 Å². The summed E-state index contributed by atoms with van der Waals surface area (Å²) in [5.41, 5.74) is 0. The molecule has 0 amide bonds. The van der Waals surface area contributed by atoms with E-state index >= 15 is 0 Å². The zero-order chi connectivity index (χ0) is 9.52. The summed E-state index contributed by atoms with van der Waals surface area (Å²) in [6.45, 7) is 1.58. The van der Waals surface area contributed by atoms with Crippen LogP contribution in [0.3, 0.4) is 0 Å². The summed E-state index contributed by atoms with van der Waals surface area (Å²) < 4.78 is 0. The molecule has 0 saturated heterocycles. The molecule has 1 aliphatic carbocycles. The van der Waals surface area contributed by atoms with Crippen molar-refractivity contribution in [1.29, 1.82) is 0 Å². The molecule has 1 saturated carbocycles. The van der Waals surface area contributed by atoms with Gasteiger partial charge in [-0.25, -0.2) is 0 Å². The number of rotatable bonds is 6. The second-order valence-electron chi connectivity index (χ2n) is 3.86. The molecular weight excluding hydrogens is 166 g/mol. The zero-order valence-electron chi connectivity index (χ0n) is 8.21. The molecule has 1 aliphatic rings. The fourth-order valence-corrected chi connectivity index (χ4v) is 2.05. The Kier molecular flexibility index (Phi) is 5.35. The number of aliphatic hydroxyl groups is 2. The lowest BCUT2D eigenvalue weighted by atomic mass is 10.1. The van der Waals surface area contributed by atoms with Crippen LogP contribution in [0.15, 0.2) is 0 Å². The Bertz CT molecular complexity index is 130. The van der Waals surface area contributed by atoms with Gasteiger partial charge in [0.25, 0.3) is 0 Å². The van der Waals surface area contributed by atoms with Crippen LogP contribution in [0.2, 0.25) is 0 Å². The SMILES string of the molecule is OCCCCNC1CCCC1CO. The minimum absolute atomic E-state index is 0.287. The van der Waals surface area contributed by atoms with Gasteiger partial charge in [0, 0.05) is 19.3 Å². The van der Waals surface area contributed by atoms with Crippen LogP contribution < -0.4 is 5.32 Å². The van der Waals surface area contributed by atoms with Crippen molar-refractivity contribution in [2.24, 2.45) is 5.92 Å². The number of hydrogen-bond donors (Lipinski definition) is 3. The summed E-state index contributed by atoms with van der Waals surface area (Å²) >= 11 is 0. The third kappa shape index (κ3) is 3.63. The molecule has 1 fully saturated rings. The molecule has 1 rings (SSSR count). The Morgan fingerprint density at radius 3 is 2.69 bits per heavy atom. The van der Waals surface area contributed by atoms with Crippen LogP contribution in [0.4, 0.5) is 0 Å². The average molecular weight is 187 g/mol. The van der Waals surface area contributed by atoms with Crippen LogP contribution >= 0.6 is 0 Å². The van der Waals surface area contributed by atoms with Gasteiger partial charge in [-0.3, -0.25) is 0 Å². The second-order valence-corrected chi connectivity index (χ2v) is 3.86. The molecule has 2 atom stereocenters. The number of hydrogen-bond acceptors (Lipinski definition) is 3. The maximum Gasteiger partial charge on any atom is 0.0474 e. The van der Waals surface area contributed by atoms with E-state index in [9.17, 15) is 0 Å². The normalized spacial score (nSPS) is 28.2. The van der Waals surface area contributed by atoms with E-state index < -0.39 is 0 Å². The summed E-state index contributed by atoms with van der Waals surface area (Å²) in [5.74, 6) is 0.467. The summed E-state index contributed by atoms with van der Waals surface area (Å²) in [7, 11) is 0. The van der Waals surface area contributed by atoms with Crippen molar-refractivity contribution >= 4 is 0 Å². The standard InChI is InChI=1S/C10H21NO2/c12-7-2-1-6-11-10-5-3-4-9(10)8-13/h9-13H,1-8H2. The van der Waals surface area contributed by atoms with Gasteiger partial charge in [-0.15, -0.1) is 0 Å². The summed E-state index contributed by atoms with van der Waals surface area (Å²) in [6, 6.07) is 0.517. The van der Waals surface area contributed by atoms with Crippen LogP contribution in [0.25, 0.3) is 0 Å². The van der Waals surface area contributed by atoms with Crippen molar-refractivity contribution in [3.05, 3.63) is 0 Å². The van der Waals surface area contributed by atoms with Gasteiger partial charge in [-0.05, 0) is 38.1 Å². The lowest BCUT2D eigenvalue weighted by Crippen LogP contribution is -2.34. The molecule has 0 heterocycles. The van der Waals surface area contributed by atoms with Gasteiger partial charge in [0.1, 0.15) is 0 Å². The Balaban J connectivity index is 2.06. The number of aliphatic hydroxyl groups excluding tert-OH is 2. The van der Waals surface area contributed by atoms with E-state index in [2.05, 4.69) is 5.32 Å². The topological polar surface area (TPSA) is 52.5 Å². The van der Waals surface area contributed by atoms with Crippen LogP contribution in [0.5, 0.6) is 0 Å². The fraction of sp³-hybridized carbons (Fsp3) is 1.00. The zero-order valence-corrected chi connectivity index (χ0v) is 8.21. The highest BCUT2D eigenvalue weighted by Crippen LogP contribution is 2.24. The minimum Gasteiger partial charge on any atom is -0.396 e. The molecule has 0 aromatic carbocycles. The predicted molar refractivity (Wildman–Crippen MR) is 52.5 cm³/mol. The first-order chi connectivity index (χ1) is 6.38. The first-order valence-electron chi connectivity index (χ1n) is 5.33. The van der Waals surface area contributed by atoms with Crippen molar-refractivity contribution in [2.45, 2.75) is 38.1 Å². The molecule has 78 valence electrons. The van der Waals surface area contributed by atoms with Gasteiger partial charge < -0.3 is 15.5 Å².